The van der Waals surface area contributed by atoms with Gasteiger partial charge in [0.05, 0.1) is 6.61 Å². The van der Waals surface area contributed by atoms with Crippen molar-refractivity contribution >= 4 is 38.3 Å². The van der Waals surface area contributed by atoms with Crippen molar-refractivity contribution in [1.29, 1.82) is 0 Å². The van der Waals surface area contributed by atoms with Gasteiger partial charge >= 0.3 is 35.8 Å². The number of hydrogen-bond donors (Lipinski definition) is 1. The largest absolute Gasteiger partial charge is 0.462 e. The number of carbonyl (C=O) groups excluding carboxylic acids is 2. The standard InChI is InChI=1S/C18H14F9NO3S/c1-2-3-8-31-13(29)11-9-6-4-5-7-10(9)32-12(11)28-14(30)15(19,20)16(21,22)17(23,24)18(25,26)27/h4-7H,2-3,8H2,1H3,(H,28,30). The van der Waals surface area contributed by atoms with Crippen LogP contribution in [0.1, 0.15) is 30.1 Å². The molecule has 4 nitrogen and oxygen atoms in total. The number of halogens is 9. The number of benzene rings is 1. The molecular formula is C18H14F9NO3S. The first kappa shape index (κ1) is 25.7. The van der Waals surface area contributed by atoms with Crippen molar-refractivity contribution in [1.82, 2.24) is 0 Å². The predicted octanol–water partition coefficient (Wildman–Crippen LogP) is 6.26. The van der Waals surface area contributed by atoms with Crippen LogP contribution in [0, 0.1) is 0 Å². The number of rotatable bonds is 8. The number of thiophene rings is 1. The molecule has 1 heterocycles. The zero-order valence-corrected chi connectivity index (χ0v) is 16.8. The van der Waals surface area contributed by atoms with E-state index in [0.717, 1.165) is 0 Å². The van der Waals surface area contributed by atoms with E-state index in [0.29, 0.717) is 24.2 Å². The van der Waals surface area contributed by atoms with Crippen LogP contribution < -0.4 is 5.32 Å². The summed E-state index contributed by atoms with van der Waals surface area (Å²) in [5.74, 6) is -25.1. The number of fused-ring (bicyclic) bond motifs is 1. The first-order valence-electron chi connectivity index (χ1n) is 8.79. The lowest BCUT2D eigenvalue weighted by molar-refractivity contribution is -0.388. The van der Waals surface area contributed by atoms with Crippen LogP contribution in [0.25, 0.3) is 10.1 Å². The zero-order chi connectivity index (χ0) is 24.5. The number of nitrogens with one attached hydrogen (secondary N) is 1. The molecule has 0 saturated carbocycles. The van der Waals surface area contributed by atoms with Gasteiger partial charge in [-0.05, 0) is 12.5 Å². The second-order valence-corrected chi connectivity index (χ2v) is 7.52. The van der Waals surface area contributed by atoms with Crippen molar-refractivity contribution in [2.75, 3.05) is 11.9 Å². The van der Waals surface area contributed by atoms with Gasteiger partial charge in [0.1, 0.15) is 10.6 Å². The lowest BCUT2D eigenvalue weighted by atomic mass is 10.0. The summed E-state index contributed by atoms with van der Waals surface area (Å²) in [7, 11) is 0. The Morgan fingerprint density at radius 3 is 2.12 bits per heavy atom. The van der Waals surface area contributed by atoms with Gasteiger partial charge in [-0.3, -0.25) is 4.79 Å². The highest BCUT2D eigenvalue weighted by atomic mass is 32.1. The molecule has 2 rings (SSSR count). The van der Waals surface area contributed by atoms with Crippen LogP contribution in [-0.2, 0) is 9.53 Å². The zero-order valence-electron chi connectivity index (χ0n) is 16.0. The minimum Gasteiger partial charge on any atom is -0.462 e. The Morgan fingerprint density at radius 2 is 1.56 bits per heavy atom. The first-order chi connectivity index (χ1) is 14.6. The highest BCUT2D eigenvalue weighted by Gasteiger charge is 2.83. The third-order valence-electron chi connectivity index (χ3n) is 4.19. The molecule has 2 aromatic rings. The lowest BCUT2D eigenvalue weighted by Crippen LogP contribution is -2.64. The molecule has 1 amide bonds. The van der Waals surface area contributed by atoms with Crippen molar-refractivity contribution in [2.45, 2.75) is 43.7 Å². The topological polar surface area (TPSA) is 55.4 Å². The molecule has 0 unspecified atom stereocenters. The van der Waals surface area contributed by atoms with Gasteiger partial charge < -0.3 is 10.1 Å². The summed E-state index contributed by atoms with van der Waals surface area (Å²) in [6.45, 7) is 1.65. The van der Waals surface area contributed by atoms with Gasteiger partial charge in [-0.1, -0.05) is 31.5 Å². The average Bonchev–Trinajstić information content (AvgIpc) is 3.04. The fourth-order valence-corrected chi connectivity index (χ4v) is 3.50. The van der Waals surface area contributed by atoms with Crippen LogP contribution in [0.5, 0.6) is 0 Å². The van der Waals surface area contributed by atoms with Crippen LogP contribution in [0.3, 0.4) is 0 Å². The maximum absolute atomic E-state index is 13.9. The van der Waals surface area contributed by atoms with Crippen molar-refractivity contribution in [3.05, 3.63) is 29.8 Å². The first-order valence-corrected chi connectivity index (χ1v) is 9.61. The quantitative estimate of drug-likeness (QED) is 0.267. The van der Waals surface area contributed by atoms with E-state index in [-0.39, 0.29) is 16.7 Å². The van der Waals surface area contributed by atoms with Crippen LogP contribution >= 0.6 is 11.3 Å². The number of unbranched alkanes of at least 4 members (excludes halogenated alkanes) is 1. The Bertz CT molecular complexity index is 1000. The fraction of sp³-hybridized carbons (Fsp3) is 0.444. The van der Waals surface area contributed by atoms with E-state index in [1.165, 1.54) is 29.6 Å². The van der Waals surface area contributed by atoms with E-state index in [1.54, 1.807) is 6.92 Å². The summed E-state index contributed by atoms with van der Waals surface area (Å²) in [5, 5.41) is 0.475. The maximum Gasteiger partial charge on any atom is 0.460 e. The number of alkyl halides is 9. The molecule has 0 aliphatic carbocycles. The molecule has 0 saturated heterocycles. The molecule has 1 aromatic heterocycles. The van der Waals surface area contributed by atoms with Gasteiger partial charge in [0.2, 0.25) is 0 Å². The van der Waals surface area contributed by atoms with E-state index in [1.807, 2.05) is 0 Å². The van der Waals surface area contributed by atoms with Crippen molar-refractivity contribution in [3.8, 4) is 0 Å². The van der Waals surface area contributed by atoms with Gasteiger partial charge in [-0.2, -0.15) is 39.5 Å². The van der Waals surface area contributed by atoms with E-state index >= 15 is 0 Å². The number of anilines is 1. The van der Waals surface area contributed by atoms with Gasteiger partial charge in [-0.25, -0.2) is 4.79 Å². The minimum atomic E-state index is -7.22. The van der Waals surface area contributed by atoms with Crippen molar-refractivity contribution in [3.63, 3.8) is 0 Å². The molecule has 0 fully saturated rings. The smallest absolute Gasteiger partial charge is 0.460 e. The van der Waals surface area contributed by atoms with E-state index in [4.69, 9.17) is 4.74 Å². The molecule has 0 spiro atoms. The number of esters is 1. The van der Waals surface area contributed by atoms with Crippen LogP contribution in [-0.4, -0.2) is 42.4 Å². The third kappa shape index (κ3) is 4.36. The summed E-state index contributed by atoms with van der Waals surface area (Å²) in [4.78, 5) is 24.1. The Hall–Kier alpha value is -2.51. The Kier molecular flexibility index (Phi) is 7.07. The highest BCUT2D eigenvalue weighted by Crippen LogP contribution is 2.53. The maximum atomic E-state index is 13.9. The van der Waals surface area contributed by atoms with E-state index in [9.17, 15) is 49.1 Å². The van der Waals surface area contributed by atoms with E-state index in [2.05, 4.69) is 0 Å². The molecule has 1 N–H and O–H groups in total. The van der Waals surface area contributed by atoms with Crippen molar-refractivity contribution in [2.24, 2.45) is 0 Å². The SMILES string of the molecule is CCCCOC(=O)c1c(NC(=O)C(F)(F)C(F)(F)C(F)(F)C(F)(F)F)sc2ccccc12. The normalized spacial score (nSPS) is 13.3. The molecule has 0 bridgehead atoms. The lowest BCUT2D eigenvalue weighted by Gasteiger charge is -2.32. The second-order valence-electron chi connectivity index (χ2n) is 6.47. The van der Waals surface area contributed by atoms with Crippen LogP contribution in [0.4, 0.5) is 44.5 Å². The monoisotopic (exact) mass is 495 g/mol. The Labute approximate surface area is 178 Å². The van der Waals surface area contributed by atoms with Gasteiger partial charge in [-0.15, -0.1) is 11.3 Å². The molecular weight excluding hydrogens is 481 g/mol. The van der Waals surface area contributed by atoms with E-state index < -0.39 is 46.4 Å². The number of carbonyl (C=O) groups is 2. The van der Waals surface area contributed by atoms with Gasteiger partial charge in [0, 0.05) is 10.1 Å². The Balaban J connectivity index is 2.45. The molecule has 0 aliphatic rings. The summed E-state index contributed by atoms with van der Waals surface area (Å²) in [5.41, 5.74) is -0.531. The molecule has 32 heavy (non-hydrogen) atoms. The summed E-state index contributed by atoms with van der Waals surface area (Å²) < 4.78 is 123. The minimum absolute atomic E-state index is 0.0602. The van der Waals surface area contributed by atoms with Crippen LogP contribution in [0.2, 0.25) is 0 Å². The number of hydrogen-bond acceptors (Lipinski definition) is 4. The summed E-state index contributed by atoms with van der Waals surface area (Å²) in [6, 6.07) is 5.53. The van der Waals surface area contributed by atoms with Crippen molar-refractivity contribution < 1.29 is 53.8 Å². The van der Waals surface area contributed by atoms with Gasteiger partial charge in [0.25, 0.3) is 0 Å². The van der Waals surface area contributed by atoms with Crippen LogP contribution in [0.15, 0.2) is 24.3 Å². The number of ether oxygens (including phenoxy) is 1. The average molecular weight is 495 g/mol. The molecule has 1 aromatic carbocycles. The molecule has 0 atom stereocenters. The predicted molar refractivity (Wildman–Crippen MR) is 96.5 cm³/mol. The number of amides is 1. The molecule has 0 radical (unpaired) electrons. The molecule has 14 heteroatoms. The summed E-state index contributed by atoms with van der Waals surface area (Å²) >= 11 is 0.439. The summed E-state index contributed by atoms with van der Waals surface area (Å²) in [6.07, 6.45) is -6.05. The van der Waals surface area contributed by atoms with Gasteiger partial charge in [0.15, 0.2) is 0 Å². The molecule has 178 valence electrons. The second kappa shape index (κ2) is 8.79. The Morgan fingerprint density at radius 1 is 0.969 bits per heavy atom. The fourth-order valence-electron chi connectivity index (χ4n) is 2.42. The third-order valence-corrected chi connectivity index (χ3v) is 5.27. The molecule has 0 aliphatic heterocycles. The highest BCUT2D eigenvalue weighted by molar-refractivity contribution is 7.23.